The molecule has 9 heteroatoms. The molecule has 0 bridgehead atoms. The molecule has 1 aliphatic rings. The minimum Gasteiger partial charge on any atom is -0.482 e. The van der Waals surface area contributed by atoms with Crippen molar-refractivity contribution in [1.82, 2.24) is 5.32 Å². The SMILES string of the molecule is CC(C)[C@@H](NC(=O)c1ccco1)C(=O)OCC(=O)c1ccc2c(c1)NC(=O)CO2. The van der Waals surface area contributed by atoms with E-state index < -0.39 is 30.3 Å². The molecule has 2 N–H and O–H groups in total. The predicted octanol–water partition coefficient (Wildman–Crippen LogP) is 1.79. The van der Waals surface area contributed by atoms with Gasteiger partial charge >= 0.3 is 5.97 Å². The van der Waals surface area contributed by atoms with Gasteiger partial charge in [-0.1, -0.05) is 13.8 Å². The van der Waals surface area contributed by atoms with Gasteiger partial charge in [0.1, 0.15) is 11.8 Å². The average molecular weight is 400 g/mol. The molecular weight excluding hydrogens is 380 g/mol. The molecule has 2 heterocycles. The maximum atomic E-state index is 12.4. The number of hydrogen-bond acceptors (Lipinski definition) is 7. The molecule has 0 aliphatic carbocycles. The summed E-state index contributed by atoms with van der Waals surface area (Å²) in [5.74, 6) is -1.81. The lowest BCUT2D eigenvalue weighted by Gasteiger charge is -2.20. The summed E-state index contributed by atoms with van der Waals surface area (Å²) in [6.45, 7) is 2.88. The van der Waals surface area contributed by atoms with Crippen molar-refractivity contribution in [2.24, 2.45) is 5.92 Å². The molecule has 29 heavy (non-hydrogen) atoms. The lowest BCUT2D eigenvalue weighted by molar-refractivity contribution is -0.146. The van der Waals surface area contributed by atoms with Crippen LogP contribution in [0.3, 0.4) is 0 Å². The van der Waals surface area contributed by atoms with Crippen LogP contribution in [-0.2, 0) is 14.3 Å². The quantitative estimate of drug-likeness (QED) is 0.536. The molecule has 2 amide bonds. The van der Waals surface area contributed by atoms with Crippen molar-refractivity contribution >= 4 is 29.3 Å². The predicted molar refractivity (Wildman–Crippen MR) is 101 cm³/mol. The van der Waals surface area contributed by atoms with Crippen LogP contribution >= 0.6 is 0 Å². The highest BCUT2D eigenvalue weighted by Crippen LogP contribution is 2.28. The van der Waals surface area contributed by atoms with Crippen LogP contribution in [0, 0.1) is 5.92 Å². The number of hydrogen-bond donors (Lipinski definition) is 2. The molecular formula is C20H20N2O7. The van der Waals surface area contributed by atoms with Crippen molar-refractivity contribution in [3.05, 3.63) is 47.9 Å². The second-order valence-corrected chi connectivity index (χ2v) is 6.75. The van der Waals surface area contributed by atoms with Crippen molar-refractivity contribution in [2.45, 2.75) is 19.9 Å². The van der Waals surface area contributed by atoms with Gasteiger partial charge in [-0.25, -0.2) is 4.79 Å². The Labute approximate surface area is 166 Å². The first-order chi connectivity index (χ1) is 13.8. The molecule has 0 radical (unpaired) electrons. The van der Waals surface area contributed by atoms with Crippen LogP contribution < -0.4 is 15.4 Å². The van der Waals surface area contributed by atoms with Gasteiger partial charge < -0.3 is 24.5 Å². The Balaban J connectivity index is 1.61. The molecule has 3 rings (SSSR count). The first kappa shape index (κ1) is 20.1. The minimum atomic E-state index is -0.948. The third kappa shape index (κ3) is 4.81. The Bertz CT molecular complexity index is 934. The molecule has 0 spiro atoms. The van der Waals surface area contributed by atoms with E-state index in [1.807, 2.05) is 0 Å². The molecule has 0 saturated carbocycles. The van der Waals surface area contributed by atoms with Crippen molar-refractivity contribution in [3.8, 4) is 5.75 Å². The Morgan fingerprint density at radius 2 is 2.03 bits per heavy atom. The summed E-state index contributed by atoms with van der Waals surface area (Å²) in [5.41, 5.74) is 0.632. The highest BCUT2D eigenvalue weighted by molar-refractivity contribution is 6.02. The number of benzene rings is 1. The van der Waals surface area contributed by atoms with Crippen LogP contribution in [0.1, 0.15) is 34.8 Å². The van der Waals surface area contributed by atoms with E-state index in [0.717, 1.165) is 0 Å². The molecule has 152 valence electrons. The molecule has 1 aromatic carbocycles. The monoisotopic (exact) mass is 400 g/mol. The number of rotatable bonds is 7. The third-order valence-electron chi connectivity index (χ3n) is 4.23. The summed E-state index contributed by atoms with van der Waals surface area (Å²) in [7, 11) is 0. The van der Waals surface area contributed by atoms with Gasteiger partial charge in [0.05, 0.1) is 12.0 Å². The fraction of sp³-hybridized carbons (Fsp3) is 0.300. The third-order valence-corrected chi connectivity index (χ3v) is 4.23. The summed E-state index contributed by atoms with van der Waals surface area (Å²) in [4.78, 5) is 48.3. The number of fused-ring (bicyclic) bond motifs is 1. The largest absolute Gasteiger partial charge is 0.482 e. The van der Waals surface area contributed by atoms with Crippen LogP contribution in [0.15, 0.2) is 41.0 Å². The first-order valence-corrected chi connectivity index (χ1v) is 8.96. The van der Waals surface area contributed by atoms with Gasteiger partial charge in [0, 0.05) is 5.56 Å². The number of carbonyl (C=O) groups is 4. The van der Waals surface area contributed by atoms with Crippen molar-refractivity contribution in [1.29, 1.82) is 0 Å². The summed E-state index contributed by atoms with van der Waals surface area (Å²) in [6.07, 6.45) is 1.35. The molecule has 0 saturated heterocycles. The number of carbonyl (C=O) groups excluding carboxylic acids is 4. The lowest BCUT2D eigenvalue weighted by Crippen LogP contribution is -2.45. The van der Waals surface area contributed by atoms with E-state index >= 15 is 0 Å². The molecule has 2 aromatic rings. The van der Waals surface area contributed by atoms with Crippen LogP contribution in [0.4, 0.5) is 5.69 Å². The van der Waals surface area contributed by atoms with Crippen molar-refractivity contribution in [2.75, 3.05) is 18.5 Å². The first-order valence-electron chi connectivity index (χ1n) is 8.96. The zero-order valence-electron chi connectivity index (χ0n) is 15.9. The highest BCUT2D eigenvalue weighted by Gasteiger charge is 2.28. The second kappa shape index (κ2) is 8.59. The fourth-order valence-electron chi connectivity index (χ4n) is 2.68. The Hall–Kier alpha value is -3.62. The summed E-state index contributed by atoms with van der Waals surface area (Å²) >= 11 is 0. The number of anilines is 1. The fourth-order valence-corrected chi connectivity index (χ4v) is 2.68. The maximum absolute atomic E-state index is 12.4. The molecule has 1 aliphatic heterocycles. The van der Waals surface area contributed by atoms with E-state index in [2.05, 4.69) is 10.6 Å². The second-order valence-electron chi connectivity index (χ2n) is 6.75. The van der Waals surface area contributed by atoms with Crippen LogP contribution in [0.2, 0.25) is 0 Å². The Kier molecular flexibility index (Phi) is 5.96. The number of ether oxygens (including phenoxy) is 2. The molecule has 1 aromatic heterocycles. The van der Waals surface area contributed by atoms with E-state index in [0.29, 0.717) is 11.4 Å². The highest BCUT2D eigenvalue weighted by atomic mass is 16.5. The van der Waals surface area contributed by atoms with E-state index in [1.165, 1.54) is 24.5 Å². The van der Waals surface area contributed by atoms with Crippen LogP contribution in [0.5, 0.6) is 5.75 Å². The number of ketones is 1. The summed E-state index contributed by atoms with van der Waals surface area (Å²) in [6, 6.07) is 6.62. The minimum absolute atomic E-state index is 0.0675. The standard InChI is InChI=1S/C20H20N2O7/c1-11(2)18(22-19(25)16-4-3-7-27-16)20(26)29-9-14(23)12-5-6-15-13(8-12)21-17(24)10-28-15/h3-8,11,18H,9-10H2,1-2H3,(H,21,24)(H,22,25)/t18-/m1/s1. The Morgan fingerprint density at radius 1 is 1.24 bits per heavy atom. The van der Waals surface area contributed by atoms with Gasteiger partial charge in [-0.15, -0.1) is 0 Å². The van der Waals surface area contributed by atoms with Gasteiger partial charge in [-0.05, 0) is 36.2 Å². The maximum Gasteiger partial charge on any atom is 0.329 e. The van der Waals surface area contributed by atoms with Gasteiger partial charge in [0.2, 0.25) is 0 Å². The zero-order valence-corrected chi connectivity index (χ0v) is 15.9. The molecule has 9 nitrogen and oxygen atoms in total. The lowest BCUT2D eigenvalue weighted by atomic mass is 10.0. The zero-order chi connectivity index (χ0) is 21.0. The van der Waals surface area contributed by atoms with Gasteiger partial charge in [-0.2, -0.15) is 0 Å². The summed E-state index contributed by atoms with van der Waals surface area (Å²) in [5, 5.41) is 5.15. The van der Waals surface area contributed by atoms with E-state index in [9.17, 15) is 19.2 Å². The van der Waals surface area contributed by atoms with Gasteiger partial charge in [0.25, 0.3) is 11.8 Å². The molecule has 1 atom stereocenters. The smallest absolute Gasteiger partial charge is 0.329 e. The number of esters is 1. The average Bonchev–Trinajstić information content (AvgIpc) is 3.24. The van der Waals surface area contributed by atoms with E-state index in [-0.39, 0.29) is 29.8 Å². The Morgan fingerprint density at radius 3 is 2.72 bits per heavy atom. The van der Waals surface area contributed by atoms with Crippen molar-refractivity contribution in [3.63, 3.8) is 0 Å². The number of furan rings is 1. The van der Waals surface area contributed by atoms with Crippen LogP contribution in [-0.4, -0.2) is 42.8 Å². The van der Waals surface area contributed by atoms with E-state index in [1.54, 1.807) is 26.0 Å². The topological polar surface area (TPSA) is 124 Å². The number of amides is 2. The normalized spacial score (nSPS) is 13.7. The summed E-state index contributed by atoms with van der Waals surface area (Å²) < 4.78 is 15.4. The molecule has 0 fully saturated rings. The molecule has 0 unspecified atom stereocenters. The number of nitrogens with one attached hydrogen (secondary N) is 2. The van der Waals surface area contributed by atoms with Crippen molar-refractivity contribution < 1.29 is 33.1 Å². The van der Waals surface area contributed by atoms with Gasteiger partial charge in [0.15, 0.2) is 24.8 Å². The van der Waals surface area contributed by atoms with E-state index in [4.69, 9.17) is 13.9 Å². The van der Waals surface area contributed by atoms with Crippen LogP contribution in [0.25, 0.3) is 0 Å². The van der Waals surface area contributed by atoms with Gasteiger partial charge in [-0.3, -0.25) is 14.4 Å². The number of Topliss-reactive ketones (excluding diaryl/α,β-unsaturated/α-hetero) is 1.